The largest absolute Gasteiger partial charge is 0.345 e. The fraction of sp³-hybridized carbons (Fsp3) is 0.214. The Morgan fingerprint density at radius 3 is 2.68 bits per heavy atom. The van der Waals surface area contributed by atoms with E-state index in [0.29, 0.717) is 12.4 Å². The van der Waals surface area contributed by atoms with Crippen LogP contribution < -0.4 is 4.90 Å². The van der Waals surface area contributed by atoms with Gasteiger partial charge in [-0.3, -0.25) is 0 Å². The van der Waals surface area contributed by atoms with Gasteiger partial charge in [0.2, 0.25) is 0 Å². The molecule has 2 rings (SSSR count). The molecular weight excluding hydrogens is 304 g/mol. The third kappa shape index (κ3) is 3.09. The van der Waals surface area contributed by atoms with Gasteiger partial charge in [-0.1, -0.05) is 22.0 Å². The van der Waals surface area contributed by atoms with Crippen LogP contribution in [0.3, 0.4) is 0 Å². The molecule has 0 spiro atoms. The fourth-order valence-electron chi connectivity index (χ4n) is 1.73. The lowest BCUT2D eigenvalue weighted by Crippen LogP contribution is -2.18. The van der Waals surface area contributed by atoms with Crippen molar-refractivity contribution in [3.05, 3.63) is 40.4 Å². The first-order valence-electron chi connectivity index (χ1n) is 5.80. The molecule has 4 nitrogen and oxygen atoms in total. The summed E-state index contributed by atoms with van der Waals surface area (Å²) >= 11 is 3.46. The zero-order valence-corrected chi connectivity index (χ0v) is 12.3. The molecular formula is C14H13BrN4. The SMILES string of the molecule is Cc1ccc(Br)cc1-c1ccc(N(C)CC#N)nn1. The van der Waals surface area contributed by atoms with E-state index in [9.17, 15) is 0 Å². The Balaban J connectivity index is 2.33. The third-order valence-electron chi connectivity index (χ3n) is 2.83. The van der Waals surface area contributed by atoms with Crippen LogP contribution in [0.4, 0.5) is 5.82 Å². The molecule has 0 amide bonds. The number of halogens is 1. The summed E-state index contributed by atoms with van der Waals surface area (Å²) in [6.45, 7) is 2.34. The van der Waals surface area contributed by atoms with Gasteiger partial charge in [-0.05, 0) is 36.8 Å². The highest BCUT2D eigenvalue weighted by atomic mass is 79.9. The second kappa shape index (κ2) is 5.81. The molecule has 0 aliphatic heterocycles. The normalized spacial score (nSPS) is 10.0. The lowest BCUT2D eigenvalue weighted by molar-refractivity contribution is 0.934. The van der Waals surface area contributed by atoms with Crippen molar-refractivity contribution in [2.75, 3.05) is 18.5 Å². The van der Waals surface area contributed by atoms with E-state index in [1.54, 1.807) is 4.90 Å². The Kier molecular flexibility index (Phi) is 4.13. The minimum absolute atomic E-state index is 0.296. The summed E-state index contributed by atoms with van der Waals surface area (Å²) < 4.78 is 1.01. The van der Waals surface area contributed by atoms with Crippen molar-refractivity contribution < 1.29 is 0 Å². The van der Waals surface area contributed by atoms with Gasteiger partial charge in [0, 0.05) is 17.1 Å². The number of aromatic nitrogens is 2. The molecule has 2 aromatic rings. The van der Waals surface area contributed by atoms with E-state index in [-0.39, 0.29) is 0 Å². The summed E-state index contributed by atoms with van der Waals surface area (Å²) in [6.07, 6.45) is 0. The van der Waals surface area contributed by atoms with Crippen LogP contribution in [0.25, 0.3) is 11.3 Å². The van der Waals surface area contributed by atoms with E-state index < -0.39 is 0 Å². The molecule has 1 aromatic carbocycles. The molecule has 0 N–H and O–H groups in total. The number of hydrogen-bond donors (Lipinski definition) is 0. The van der Waals surface area contributed by atoms with E-state index in [1.807, 2.05) is 44.3 Å². The van der Waals surface area contributed by atoms with Crippen LogP contribution in [0.5, 0.6) is 0 Å². The maximum absolute atomic E-state index is 8.65. The summed E-state index contributed by atoms with van der Waals surface area (Å²) in [6, 6.07) is 11.9. The van der Waals surface area contributed by atoms with Gasteiger partial charge in [-0.15, -0.1) is 10.2 Å². The molecule has 0 aliphatic carbocycles. The zero-order valence-electron chi connectivity index (χ0n) is 10.8. The number of benzene rings is 1. The molecule has 0 saturated carbocycles. The predicted octanol–water partition coefficient (Wildman–Crippen LogP) is 3.17. The lowest BCUT2D eigenvalue weighted by Gasteiger charge is -2.13. The van der Waals surface area contributed by atoms with Gasteiger partial charge >= 0.3 is 0 Å². The number of hydrogen-bond acceptors (Lipinski definition) is 4. The van der Waals surface area contributed by atoms with Crippen molar-refractivity contribution in [3.8, 4) is 17.3 Å². The standard InChI is InChI=1S/C14H13BrN4/c1-10-3-4-11(15)9-12(10)13-5-6-14(18-17-13)19(2)8-7-16/h3-6,9H,8H2,1-2H3. The molecule has 0 unspecified atom stereocenters. The fourth-order valence-corrected chi connectivity index (χ4v) is 2.09. The summed E-state index contributed by atoms with van der Waals surface area (Å²) in [5, 5.41) is 17.0. The summed E-state index contributed by atoms with van der Waals surface area (Å²) in [5.74, 6) is 0.693. The van der Waals surface area contributed by atoms with Gasteiger partial charge in [-0.25, -0.2) is 0 Å². The lowest BCUT2D eigenvalue weighted by atomic mass is 10.1. The Morgan fingerprint density at radius 1 is 1.26 bits per heavy atom. The van der Waals surface area contributed by atoms with Crippen LogP contribution in [0.2, 0.25) is 0 Å². The molecule has 1 heterocycles. The number of anilines is 1. The van der Waals surface area contributed by atoms with Crippen LogP contribution in [-0.2, 0) is 0 Å². The molecule has 5 heteroatoms. The Labute approximate surface area is 120 Å². The summed E-state index contributed by atoms with van der Waals surface area (Å²) in [7, 11) is 1.82. The molecule has 0 atom stereocenters. The van der Waals surface area contributed by atoms with Crippen molar-refractivity contribution in [1.29, 1.82) is 5.26 Å². The average molecular weight is 317 g/mol. The van der Waals surface area contributed by atoms with Crippen LogP contribution >= 0.6 is 15.9 Å². The molecule has 0 saturated heterocycles. The van der Waals surface area contributed by atoms with Crippen LogP contribution in [-0.4, -0.2) is 23.8 Å². The first kappa shape index (κ1) is 13.5. The van der Waals surface area contributed by atoms with Gasteiger partial charge in [0.1, 0.15) is 6.54 Å². The zero-order chi connectivity index (χ0) is 13.8. The van der Waals surface area contributed by atoms with Gasteiger partial charge in [0.15, 0.2) is 5.82 Å². The highest BCUT2D eigenvalue weighted by Crippen LogP contribution is 2.25. The monoisotopic (exact) mass is 316 g/mol. The molecule has 96 valence electrons. The quantitative estimate of drug-likeness (QED) is 0.816. The van der Waals surface area contributed by atoms with Gasteiger partial charge in [0.25, 0.3) is 0 Å². The predicted molar refractivity (Wildman–Crippen MR) is 78.8 cm³/mol. The smallest absolute Gasteiger partial charge is 0.151 e. The minimum atomic E-state index is 0.296. The van der Waals surface area contributed by atoms with E-state index in [4.69, 9.17) is 5.26 Å². The van der Waals surface area contributed by atoms with Crippen molar-refractivity contribution in [3.63, 3.8) is 0 Å². The molecule has 19 heavy (non-hydrogen) atoms. The molecule has 1 aromatic heterocycles. The topological polar surface area (TPSA) is 52.8 Å². The second-order valence-corrected chi connectivity index (χ2v) is 5.17. The molecule has 0 aliphatic rings. The number of nitriles is 1. The summed E-state index contributed by atoms with van der Waals surface area (Å²) in [5.41, 5.74) is 3.03. The minimum Gasteiger partial charge on any atom is -0.345 e. The summed E-state index contributed by atoms with van der Waals surface area (Å²) in [4.78, 5) is 1.75. The maximum atomic E-state index is 8.65. The first-order valence-corrected chi connectivity index (χ1v) is 6.59. The number of nitrogens with zero attached hydrogens (tertiary/aromatic N) is 4. The van der Waals surface area contributed by atoms with Crippen molar-refractivity contribution in [1.82, 2.24) is 10.2 Å². The van der Waals surface area contributed by atoms with Crippen molar-refractivity contribution in [2.24, 2.45) is 0 Å². The van der Waals surface area contributed by atoms with Crippen LogP contribution in [0.15, 0.2) is 34.8 Å². The third-order valence-corrected chi connectivity index (χ3v) is 3.32. The Bertz CT molecular complexity index is 616. The van der Waals surface area contributed by atoms with E-state index in [2.05, 4.69) is 32.2 Å². The van der Waals surface area contributed by atoms with Gasteiger partial charge < -0.3 is 4.90 Å². The van der Waals surface area contributed by atoms with Gasteiger partial charge in [-0.2, -0.15) is 5.26 Å². The molecule has 0 radical (unpaired) electrons. The van der Waals surface area contributed by atoms with Crippen LogP contribution in [0, 0.1) is 18.3 Å². The van der Waals surface area contributed by atoms with E-state index >= 15 is 0 Å². The van der Waals surface area contributed by atoms with Gasteiger partial charge in [0.05, 0.1) is 11.8 Å². The van der Waals surface area contributed by atoms with E-state index in [0.717, 1.165) is 21.3 Å². The van der Waals surface area contributed by atoms with E-state index in [1.165, 1.54) is 0 Å². The average Bonchev–Trinajstić information content (AvgIpc) is 2.42. The maximum Gasteiger partial charge on any atom is 0.151 e. The number of aryl methyl sites for hydroxylation is 1. The second-order valence-electron chi connectivity index (χ2n) is 4.25. The van der Waals surface area contributed by atoms with Crippen molar-refractivity contribution >= 4 is 21.7 Å². The molecule has 0 bridgehead atoms. The first-order chi connectivity index (χ1) is 9.11. The molecule has 0 fully saturated rings. The Hall–Kier alpha value is -1.93. The Morgan fingerprint density at radius 2 is 2.05 bits per heavy atom. The highest BCUT2D eigenvalue weighted by molar-refractivity contribution is 9.10. The van der Waals surface area contributed by atoms with Crippen molar-refractivity contribution in [2.45, 2.75) is 6.92 Å². The van der Waals surface area contributed by atoms with Crippen LogP contribution in [0.1, 0.15) is 5.56 Å². The number of rotatable bonds is 3. The highest BCUT2D eigenvalue weighted by Gasteiger charge is 2.07.